The number of benzene rings is 2. The van der Waals surface area contributed by atoms with Crippen molar-refractivity contribution in [3.05, 3.63) is 59.8 Å². The second kappa shape index (κ2) is 7.20. The van der Waals surface area contributed by atoms with E-state index in [9.17, 15) is 9.59 Å². The zero-order valence-corrected chi connectivity index (χ0v) is 15.5. The third-order valence-electron chi connectivity index (χ3n) is 4.29. The smallest absolute Gasteiger partial charge is 0.251 e. The monoisotopic (exact) mass is 378 g/mol. The lowest BCUT2D eigenvalue weighted by Crippen LogP contribution is -2.25. The van der Waals surface area contributed by atoms with Gasteiger partial charge in [-0.3, -0.25) is 9.59 Å². The highest BCUT2D eigenvalue weighted by molar-refractivity contribution is 7.22. The van der Waals surface area contributed by atoms with Gasteiger partial charge in [0.1, 0.15) is 0 Å². The summed E-state index contributed by atoms with van der Waals surface area (Å²) < 4.78 is 0.864. The summed E-state index contributed by atoms with van der Waals surface area (Å²) in [6, 6.07) is 13.5. The molecular formula is C20H18N4O2S. The predicted octanol–water partition coefficient (Wildman–Crippen LogP) is 3.71. The molecule has 0 aliphatic rings. The van der Waals surface area contributed by atoms with E-state index in [1.54, 1.807) is 18.2 Å². The second-order valence-electron chi connectivity index (χ2n) is 6.25. The Balaban J connectivity index is 1.42. The number of amides is 2. The van der Waals surface area contributed by atoms with E-state index in [0.717, 1.165) is 22.2 Å². The Morgan fingerprint density at radius 1 is 1.19 bits per heavy atom. The van der Waals surface area contributed by atoms with Crippen LogP contribution in [0.2, 0.25) is 0 Å². The summed E-state index contributed by atoms with van der Waals surface area (Å²) in [7, 11) is 0. The fourth-order valence-electron chi connectivity index (χ4n) is 3.02. The van der Waals surface area contributed by atoms with Crippen molar-refractivity contribution in [3.8, 4) is 0 Å². The molecule has 2 aromatic carbocycles. The van der Waals surface area contributed by atoms with Gasteiger partial charge in [0.05, 0.1) is 10.2 Å². The maximum atomic E-state index is 12.5. The van der Waals surface area contributed by atoms with Gasteiger partial charge in [-0.1, -0.05) is 29.5 Å². The van der Waals surface area contributed by atoms with E-state index in [4.69, 9.17) is 0 Å². The van der Waals surface area contributed by atoms with Gasteiger partial charge in [0.25, 0.3) is 5.91 Å². The Kier molecular flexibility index (Phi) is 4.60. The van der Waals surface area contributed by atoms with Crippen molar-refractivity contribution >= 4 is 49.4 Å². The van der Waals surface area contributed by atoms with Crippen LogP contribution in [0.25, 0.3) is 21.1 Å². The minimum atomic E-state index is -0.163. The summed E-state index contributed by atoms with van der Waals surface area (Å²) in [5, 5.41) is 7.36. The fourth-order valence-corrected chi connectivity index (χ4v) is 3.97. The maximum Gasteiger partial charge on any atom is 0.251 e. The van der Waals surface area contributed by atoms with Crippen molar-refractivity contribution in [1.29, 1.82) is 0 Å². The normalized spacial score (nSPS) is 11.0. The molecule has 2 amide bonds. The van der Waals surface area contributed by atoms with Crippen LogP contribution in [-0.2, 0) is 11.2 Å². The molecule has 0 fully saturated rings. The number of thiazole rings is 1. The molecule has 2 heterocycles. The largest absolute Gasteiger partial charge is 0.361 e. The van der Waals surface area contributed by atoms with E-state index < -0.39 is 0 Å². The van der Waals surface area contributed by atoms with Crippen LogP contribution in [0.4, 0.5) is 5.13 Å². The molecule has 6 nitrogen and oxygen atoms in total. The molecule has 0 atom stereocenters. The minimum absolute atomic E-state index is 0.119. The van der Waals surface area contributed by atoms with Gasteiger partial charge >= 0.3 is 0 Å². The number of hydrogen-bond donors (Lipinski definition) is 3. The summed E-state index contributed by atoms with van der Waals surface area (Å²) >= 11 is 1.35. The second-order valence-corrected chi connectivity index (χ2v) is 7.28. The fraction of sp³-hybridized carbons (Fsp3) is 0.150. The van der Waals surface area contributed by atoms with Crippen LogP contribution in [-0.4, -0.2) is 28.3 Å². The number of para-hydroxylation sites is 1. The van der Waals surface area contributed by atoms with E-state index in [1.165, 1.54) is 29.2 Å². The number of fused-ring (bicyclic) bond motifs is 2. The SMILES string of the molecule is CC(=O)Nc1nc2ccc(C(=O)NCCc3c[nH]c4ccccc34)cc2s1. The van der Waals surface area contributed by atoms with Gasteiger partial charge in [-0.15, -0.1) is 0 Å². The highest BCUT2D eigenvalue weighted by atomic mass is 32.1. The third-order valence-corrected chi connectivity index (χ3v) is 5.22. The summed E-state index contributed by atoms with van der Waals surface area (Å²) in [6.07, 6.45) is 2.75. The van der Waals surface area contributed by atoms with Crippen LogP contribution >= 0.6 is 11.3 Å². The number of nitrogens with one attached hydrogen (secondary N) is 3. The third kappa shape index (κ3) is 3.68. The van der Waals surface area contributed by atoms with Crippen LogP contribution < -0.4 is 10.6 Å². The van der Waals surface area contributed by atoms with Crippen molar-refractivity contribution in [1.82, 2.24) is 15.3 Å². The first-order valence-electron chi connectivity index (χ1n) is 8.61. The molecule has 0 bridgehead atoms. The van der Waals surface area contributed by atoms with E-state index in [2.05, 4.69) is 26.7 Å². The maximum absolute atomic E-state index is 12.5. The lowest BCUT2D eigenvalue weighted by molar-refractivity contribution is -0.114. The minimum Gasteiger partial charge on any atom is -0.361 e. The molecule has 0 aliphatic heterocycles. The first kappa shape index (κ1) is 17.2. The molecule has 136 valence electrons. The quantitative estimate of drug-likeness (QED) is 0.495. The molecule has 0 aliphatic carbocycles. The standard InChI is InChI=1S/C20H18N4O2S/c1-12(25)23-20-24-17-7-6-13(10-18(17)27-20)19(26)21-9-8-14-11-22-16-5-3-2-4-15(14)16/h2-7,10-11,22H,8-9H2,1H3,(H,21,26)(H,23,24,25). The number of anilines is 1. The molecular weight excluding hydrogens is 360 g/mol. The zero-order chi connectivity index (χ0) is 18.8. The molecule has 0 unspecified atom stereocenters. The van der Waals surface area contributed by atoms with Crippen molar-refractivity contribution in [2.75, 3.05) is 11.9 Å². The summed E-state index contributed by atoms with van der Waals surface area (Å²) in [5.74, 6) is -0.282. The number of H-pyrrole nitrogens is 1. The molecule has 2 aromatic heterocycles. The molecule has 0 spiro atoms. The Morgan fingerprint density at radius 2 is 2.04 bits per heavy atom. The van der Waals surface area contributed by atoms with Crippen molar-refractivity contribution in [2.45, 2.75) is 13.3 Å². The number of carbonyl (C=O) groups is 2. The Hall–Kier alpha value is -3.19. The Bertz CT molecular complexity index is 1150. The average Bonchev–Trinajstić information content (AvgIpc) is 3.24. The van der Waals surface area contributed by atoms with Gasteiger partial charge in [-0.05, 0) is 36.2 Å². The van der Waals surface area contributed by atoms with Crippen molar-refractivity contribution < 1.29 is 9.59 Å². The molecule has 3 N–H and O–H groups in total. The van der Waals surface area contributed by atoms with E-state index in [1.807, 2.05) is 24.4 Å². The number of aromatic nitrogens is 2. The van der Waals surface area contributed by atoms with E-state index >= 15 is 0 Å². The number of carbonyl (C=O) groups excluding carboxylic acids is 2. The first-order chi connectivity index (χ1) is 13.1. The van der Waals surface area contributed by atoms with Crippen LogP contribution in [0, 0.1) is 0 Å². The Labute approximate surface area is 159 Å². The highest BCUT2D eigenvalue weighted by Gasteiger charge is 2.10. The lowest BCUT2D eigenvalue weighted by Gasteiger charge is -2.05. The predicted molar refractivity (Wildman–Crippen MR) is 108 cm³/mol. The number of nitrogens with zero attached hydrogens (tertiary/aromatic N) is 1. The number of aromatic amines is 1. The number of hydrogen-bond acceptors (Lipinski definition) is 4. The van der Waals surface area contributed by atoms with E-state index in [-0.39, 0.29) is 11.8 Å². The number of rotatable bonds is 5. The van der Waals surface area contributed by atoms with Crippen LogP contribution in [0.5, 0.6) is 0 Å². The van der Waals surface area contributed by atoms with Gasteiger partial charge < -0.3 is 15.6 Å². The van der Waals surface area contributed by atoms with Gasteiger partial charge in [-0.25, -0.2) is 4.98 Å². The van der Waals surface area contributed by atoms with Gasteiger partial charge in [0.15, 0.2) is 5.13 Å². The Morgan fingerprint density at radius 3 is 2.89 bits per heavy atom. The molecule has 0 saturated carbocycles. The molecule has 7 heteroatoms. The van der Waals surface area contributed by atoms with Crippen LogP contribution in [0.3, 0.4) is 0 Å². The van der Waals surface area contributed by atoms with Crippen LogP contribution in [0.15, 0.2) is 48.7 Å². The molecule has 0 radical (unpaired) electrons. The molecule has 27 heavy (non-hydrogen) atoms. The van der Waals surface area contributed by atoms with E-state index in [0.29, 0.717) is 17.2 Å². The molecule has 4 aromatic rings. The van der Waals surface area contributed by atoms with Crippen molar-refractivity contribution in [3.63, 3.8) is 0 Å². The molecule has 4 rings (SSSR count). The lowest BCUT2D eigenvalue weighted by atomic mass is 10.1. The van der Waals surface area contributed by atoms with Crippen LogP contribution in [0.1, 0.15) is 22.8 Å². The first-order valence-corrected chi connectivity index (χ1v) is 9.43. The molecule has 0 saturated heterocycles. The summed E-state index contributed by atoms with van der Waals surface area (Å²) in [5.41, 5.74) is 3.63. The van der Waals surface area contributed by atoms with Gasteiger partial charge in [0.2, 0.25) is 5.91 Å². The van der Waals surface area contributed by atoms with Gasteiger partial charge in [0, 0.05) is 36.1 Å². The summed E-state index contributed by atoms with van der Waals surface area (Å²) in [4.78, 5) is 31.2. The average molecular weight is 378 g/mol. The summed E-state index contributed by atoms with van der Waals surface area (Å²) in [6.45, 7) is 2.00. The van der Waals surface area contributed by atoms with Gasteiger partial charge in [-0.2, -0.15) is 0 Å². The van der Waals surface area contributed by atoms with Crippen molar-refractivity contribution in [2.24, 2.45) is 0 Å². The zero-order valence-electron chi connectivity index (χ0n) is 14.7. The topological polar surface area (TPSA) is 86.9 Å². The highest BCUT2D eigenvalue weighted by Crippen LogP contribution is 2.26.